The van der Waals surface area contributed by atoms with E-state index >= 15 is 0 Å². The van der Waals surface area contributed by atoms with Crippen molar-refractivity contribution in [1.82, 2.24) is 0 Å². The quantitative estimate of drug-likeness (QED) is 0.399. The van der Waals surface area contributed by atoms with E-state index in [0.29, 0.717) is 0 Å². The van der Waals surface area contributed by atoms with E-state index in [9.17, 15) is 9.59 Å². The molecule has 0 radical (unpaired) electrons. The number of ether oxygens (including phenoxy) is 1. The van der Waals surface area contributed by atoms with Crippen LogP contribution in [0.25, 0.3) is 0 Å². The lowest BCUT2D eigenvalue weighted by atomic mass is 10.7. The summed E-state index contributed by atoms with van der Waals surface area (Å²) in [7, 11) is 0. The van der Waals surface area contributed by atoms with Crippen LogP contribution in [0, 0.1) is 5.41 Å². The van der Waals surface area contributed by atoms with Crippen LogP contribution in [0.3, 0.4) is 0 Å². The van der Waals surface area contributed by atoms with Gasteiger partial charge in [0.25, 0.3) is 0 Å². The molecule has 0 fully saturated rings. The van der Waals surface area contributed by atoms with Crippen molar-refractivity contribution in [2.75, 3.05) is 6.61 Å². The Morgan fingerprint density at radius 2 is 2.17 bits per heavy atom. The molecule has 1 amide bonds. The highest BCUT2D eigenvalue weighted by Gasteiger charge is 2.12. The van der Waals surface area contributed by atoms with Crippen molar-refractivity contribution in [3.63, 3.8) is 0 Å². The van der Waals surface area contributed by atoms with Gasteiger partial charge in [-0.25, -0.2) is 19.8 Å². The number of isocyanates is 2. The number of carbonyl (C=O) groups is 1. The molecule has 0 aromatic rings. The van der Waals surface area contributed by atoms with Crippen molar-refractivity contribution >= 4 is 24.1 Å². The lowest BCUT2D eigenvalue weighted by Crippen LogP contribution is -1.95. The van der Waals surface area contributed by atoms with E-state index in [0.717, 1.165) is 6.08 Å². The number of rotatable bonds is 0. The van der Waals surface area contributed by atoms with Gasteiger partial charge < -0.3 is 4.74 Å². The zero-order chi connectivity index (χ0) is 9.40. The van der Waals surface area contributed by atoms with Crippen molar-refractivity contribution in [2.24, 2.45) is 9.98 Å². The Morgan fingerprint density at radius 1 is 1.58 bits per heavy atom. The van der Waals surface area contributed by atoms with Gasteiger partial charge in [0, 0.05) is 0 Å². The standard InChI is InChI=1S/C4H2N2O3.CHNO/c7-2-5-3-1-9-4(8)6-3;2-1-3/h1H2;2H. The number of nitrogens with zero attached hydrogens (tertiary/aromatic N) is 2. The van der Waals surface area contributed by atoms with E-state index in [1.165, 1.54) is 6.08 Å². The molecule has 7 nitrogen and oxygen atoms in total. The van der Waals surface area contributed by atoms with Crippen molar-refractivity contribution in [3.8, 4) is 0 Å². The average molecular weight is 169 g/mol. The Kier molecular flexibility index (Phi) is 4.68. The van der Waals surface area contributed by atoms with Gasteiger partial charge in [0.2, 0.25) is 12.2 Å². The predicted molar refractivity (Wildman–Crippen MR) is 35.3 cm³/mol. The monoisotopic (exact) mass is 169 g/mol. The molecule has 1 N–H and O–H groups in total. The second-order valence-corrected chi connectivity index (χ2v) is 1.39. The Bertz CT molecular complexity index is 283. The van der Waals surface area contributed by atoms with Crippen molar-refractivity contribution in [1.29, 1.82) is 5.41 Å². The molecule has 0 atom stereocenters. The van der Waals surface area contributed by atoms with Gasteiger partial charge in [0.15, 0.2) is 12.4 Å². The molecule has 7 heteroatoms. The molecule has 0 saturated heterocycles. The van der Waals surface area contributed by atoms with Crippen LogP contribution in [-0.2, 0) is 14.3 Å². The largest absolute Gasteiger partial charge is 0.440 e. The molecule has 62 valence electrons. The molecular formula is C5H3N3O4. The Labute approximate surface area is 66.3 Å². The van der Waals surface area contributed by atoms with Crippen LogP contribution < -0.4 is 0 Å². The third-order valence-corrected chi connectivity index (χ3v) is 0.720. The second-order valence-electron chi connectivity index (χ2n) is 1.39. The lowest BCUT2D eigenvalue weighted by Gasteiger charge is -1.81. The van der Waals surface area contributed by atoms with Gasteiger partial charge >= 0.3 is 6.09 Å². The van der Waals surface area contributed by atoms with E-state index in [1.54, 1.807) is 0 Å². The maximum absolute atomic E-state index is 10.1. The second kappa shape index (κ2) is 5.67. The van der Waals surface area contributed by atoms with Crippen LogP contribution in [0.1, 0.15) is 0 Å². The van der Waals surface area contributed by atoms with Gasteiger partial charge in [0.1, 0.15) is 0 Å². The molecule has 12 heavy (non-hydrogen) atoms. The third kappa shape index (κ3) is 3.84. The zero-order valence-corrected chi connectivity index (χ0v) is 5.73. The number of cyclic esters (lactones) is 1. The number of carbonyl (C=O) groups excluding carboxylic acids is 3. The van der Waals surface area contributed by atoms with Crippen LogP contribution >= 0.6 is 0 Å². The average Bonchev–Trinajstić information content (AvgIpc) is 2.38. The van der Waals surface area contributed by atoms with Crippen LogP contribution in [0.15, 0.2) is 9.98 Å². The maximum atomic E-state index is 10.1. The minimum Gasteiger partial charge on any atom is -0.440 e. The number of hydrogen-bond donors (Lipinski definition) is 1. The Balaban J connectivity index is 0.000000354. The summed E-state index contributed by atoms with van der Waals surface area (Å²) in [6, 6.07) is 0. The van der Waals surface area contributed by atoms with Crippen molar-refractivity contribution < 1.29 is 19.1 Å². The van der Waals surface area contributed by atoms with E-state index < -0.39 is 6.09 Å². The molecule has 1 rings (SSSR count). The molecule has 0 aliphatic carbocycles. The molecule has 0 spiro atoms. The molecule has 0 unspecified atom stereocenters. The maximum Gasteiger partial charge on any atom is 0.435 e. The van der Waals surface area contributed by atoms with Gasteiger partial charge in [-0.3, -0.25) is 0 Å². The normalized spacial score (nSPS) is 12.7. The highest BCUT2D eigenvalue weighted by molar-refractivity contribution is 5.99. The van der Waals surface area contributed by atoms with Crippen LogP contribution in [-0.4, -0.2) is 30.7 Å². The minimum atomic E-state index is -0.705. The molecule has 0 bridgehead atoms. The minimum absolute atomic E-state index is 0.0198. The van der Waals surface area contributed by atoms with Gasteiger partial charge in [-0.2, -0.15) is 4.99 Å². The van der Waals surface area contributed by atoms with Crippen LogP contribution in [0.5, 0.6) is 0 Å². The summed E-state index contributed by atoms with van der Waals surface area (Å²) < 4.78 is 4.30. The van der Waals surface area contributed by atoms with E-state index in [1.807, 2.05) is 0 Å². The van der Waals surface area contributed by atoms with Gasteiger partial charge in [-0.1, -0.05) is 0 Å². The highest BCUT2D eigenvalue weighted by Crippen LogP contribution is 1.96. The summed E-state index contributed by atoms with van der Waals surface area (Å²) in [5.41, 5.74) is 0. The molecule has 0 aromatic carbocycles. The Hall–Kier alpha value is -2.10. The van der Waals surface area contributed by atoms with Gasteiger partial charge in [-0.05, 0) is 0 Å². The number of amidine groups is 1. The van der Waals surface area contributed by atoms with E-state index in [-0.39, 0.29) is 12.4 Å². The first kappa shape index (κ1) is 9.90. The summed E-state index contributed by atoms with van der Waals surface area (Å²) in [4.78, 5) is 34.3. The molecule has 0 saturated carbocycles. The van der Waals surface area contributed by atoms with E-state index in [2.05, 4.69) is 14.7 Å². The number of amides is 1. The summed E-state index contributed by atoms with van der Waals surface area (Å²) >= 11 is 0. The van der Waals surface area contributed by atoms with Crippen LogP contribution in [0.4, 0.5) is 4.79 Å². The summed E-state index contributed by atoms with van der Waals surface area (Å²) in [6.45, 7) is -0.0198. The lowest BCUT2D eigenvalue weighted by molar-refractivity contribution is 0.181. The Morgan fingerprint density at radius 3 is 2.50 bits per heavy atom. The van der Waals surface area contributed by atoms with Gasteiger partial charge in [0.05, 0.1) is 0 Å². The first-order valence-corrected chi connectivity index (χ1v) is 2.60. The zero-order valence-electron chi connectivity index (χ0n) is 5.73. The summed E-state index contributed by atoms with van der Waals surface area (Å²) in [5.74, 6) is 0.0787. The van der Waals surface area contributed by atoms with Gasteiger partial charge in [-0.15, -0.1) is 4.99 Å². The number of nitrogens with one attached hydrogen (secondary N) is 1. The smallest absolute Gasteiger partial charge is 0.435 e. The highest BCUT2D eigenvalue weighted by atomic mass is 16.6. The number of aliphatic imine (C=N–C) groups is 2. The van der Waals surface area contributed by atoms with Crippen molar-refractivity contribution in [2.45, 2.75) is 0 Å². The van der Waals surface area contributed by atoms with Crippen molar-refractivity contribution in [3.05, 3.63) is 0 Å². The SMILES string of the molecule is N=C=O.O=C=NC1=NC(=O)OC1. The number of hydrogen-bond acceptors (Lipinski definition) is 6. The molecule has 1 aliphatic heterocycles. The summed E-state index contributed by atoms with van der Waals surface area (Å²) in [6.07, 6.45) is 1.29. The fourth-order valence-corrected chi connectivity index (χ4v) is 0.406. The first-order chi connectivity index (χ1) is 5.74. The third-order valence-electron chi connectivity index (χ3n) is 0.720. The topological polar surface area (TPSA) is 109 Å². The molecule has 0 aromatic heterocycles. The van der Waals surface area contributed by atoms with Crippen LogP contribution in [0.2, 0.25) is 0 Å². The fourth-order valence-electron chi connectivity index (χ4n) is 0.406. The molecule has 1 heterocycles. The molecule has 1 aliphatic rings. The molecular weight excluding hydrogens is 166 g/mol. The first-order valence-electron chi connectivity index (χ1n) is 2.60. The predicted octanol–water partition coefficient (Wildman–Crippen LogP) is -0.228. The summed E-state index contributed by atoms with van der Waals surface area (Å²) in [5, 5.41) is 5.40. The van der Waals surface area contributed by atoms with E-state index in [4.69, 9.17) is 10.2 Å². The fraction of sp³-hybridized carbons (Fsp3) is 0.200.